The molecule has 2 heterocycles. The molecule has 0 bridgehead atoms. The van der Waals surface area contributed by atoms with Crippen LogP contribution in [0.4, 0.5) is 18.9 Å². The molecule has 0 saturated heterocycles. The first-order chi connectivity index (χ1) is 12.8. The van der Waals surface area contributed by atoms with Gasteiger partial charge in [0.25, 0.3) is 5.91 Å². The molecule has 0 saturated carbocycles. The van der Waals surface area contributed by atoms with Crippen molar-refractivity contribution >= 4 is 28.3 Å². The Labute approximate surface area is 150 Å². The van der Waals surface area contributed by atoms with Crippen LogP contribution in [0.5, 0.6) is 0 Å². The van der Waals surface area contributed by atoms with Crippen molar-refractivity contribution in [3.63, 3.8) is 0 Å². The maximum atomic E-state index is 13.7. The van der Waals surface area contributed by atoms with E-state index < -0.39 is 23.4 Å². The Kier molecular flexibility index (Phi) is 3.69. The molecular formula is C18H12F3N3O3. The summed E-state index contributed by atoms with van der Waals surface area (Å²) in [4.78, 5) is 24.0. The highest BCUT2D eigenvalue weighted by atomic mass is 19.4. The number of rotatable bonds is 3. The Morgan fingerprint density at radius 2 is 2.04 bits per heavy atom. The topological polar surface area (TPSA) is 73.2 Å². The van der Waals surface area contributed by atoms with Crippen LogP contribution in [0.1, 0.15) is 33.3 Å². The number of alkyl halides is 3. The van der Waals surface area contributed by atoms with Crippen LogP contribution < -0.4 is 5.32 Å². The molecule has 0 atom stereocenters. The molecule has 0 fully saturated rings. The van der Waals surface area contributed by atoms with E-state index in [1.165, 1.54) is 19.1 Å². The van der Waals surface area contributed by atoms with E-state index in [9.17, 15) is 22.8 Å². The summed E-state index contributed by atoms with van der Waals surface area (Å²) in [5.41, 5.74) is -0.896. The number of amides is 1. The number of nitrogens with zero attached hydrogens (tertiary/aromatic N) is 2. The van der Waals surface area contributed by atoms with Crippen molar-refractivity contribution in [1.29, 1.82) is 0 Å². The van der Waals surface area contributed by atoms with Crippen LogP contribution in [-0.4, -0.2) is 28.3 Å². The third-order valence-electron chi connectivity index (χ3n) is 4.27. The fourth-order valence-corrected chi connectivity index (χ4v) is 3.22. The van der Waals surface area contributed by atoms with Gasteiger partial charge in [-0.3, -0.25) is 4.79 Å². The van der Waals surface area contributed by atoms with Crippen LogP contribution in [0.2, 0.25) is 0 Å². The van der Waals surface area contributed by atoms with Gasteiger partial charge in [-0.05, 0) is 25.1 Å². The number of hydrogen-bond acceptors (Lipinski definition) is 4. The van der Waals surface area contributed by atoms with Gasteiger partial charge >= 0.3 is 12.1 Å². The SMILES string of the molecule is CCOC(=O)c1cnn(-c2ccc3c4c(cccc24)C(=O)N3)c1C(F)(F)F. The lowest BCUT2D eigenvalue weighted by atomic mass is 10.0. The lowest BCUT2D eigenvalue weighted by molar-refractivity contribution is -0.143. The van der Waals surface area contributed by atoms with Crippen LogP contribution in [0.25, 0.3) is 16.5 Å². The van der Waals surface area contributed by atoms with E-state index in [-0.39, 0.29) is 18.2 Å². The number of esters is 1. The van der Waals surface area contributed by atoms with Gasteiger partial charge in [-0.2, -0.15) is 18.3 Å². The first-order valence-corrected chi connectivity index (χ1v) is 8.02. The lowest BCUT2D eigenvalue weighted by Gasteiger charge is -2.14. The van der Waals surface area contributed by atoms with Crippen molar-refractivity contribution in [2.75, 3.05) is 11.9 Å². The number of hydrogen-bond donors (Lipinski definition) is 1. The molecule has 1 aromatic heterocycles. The van der Waals surface area contributed by atoms with E-state index in [2.05, 4.69) is 10.4 Å². The second-order valence-corrected chi connectivity index (χ2v) is 5.85. The molecule has 1 aliphatic rings. The highest BCUT2D eigenvalue weighted by molar-refractivity contribution is 6.25. The van der Waals surface area contributed by atoms with Crippen LogP contribution in [0.15, 0.2) is 36.5 Å². The third-order valence-corrected chi connectivity index (χ3v) is 4.27. The summed E-state index contributed by atoms with van der Waals surface area (Å²) in [5, 5.41) is 7.39. The Balaban J connectivity index is 2.00. The number of nitrogens with one attached hydrogen (secondary N) is 1. The van der Waals surface area contributed by atoms with Gasteiger partial charge in [-0.25, -0.2) is 9.48 Å². The molecule has 6 nitrogen and oxygen atoms in total. The smallest absolute Gasteiger partial charge is 0.434 e. The molecule has 3 aromatic rings. The molecule has 0 unspecified atom stereocenters. The van der Waals surface area contributed by atoms with Crippen LogP contribution in [-0.2, 0) is 10.9 Å². The number of carbonyl (C=O) groups excluding carboxylic acids is 2. The zero-order valence-corrected chi connectivity index (χ0v) is 13.9. The molecule has 0 aliphatic carbocycles. The van der Waals surface area contributed by atoms with Gasteiger partial charge in [0.05, 0.1) is 18.5 Å². The largest absolute Gasteiger partial charge is 0.462 e. The average Bonchev–Trinajstić information content (AvgIpc) is 3.19. The van der Waals surface area contributed by atoms with Crippen LogP contribution >= 0.6 is 0 Å². The van der Waals surface area contributed by atoms with Gasteiger partial charge in [0.1, 0.15) is 5.56 Å². The number of carbonyl (C=O) groups is 2. The number of aromatic nitrogens is 2. The monoisotopic (exact) mass is 375 g/mol. The van der Waals surface area contributed by atoms with Crippen LogP contribution in [0.3, 0.4) is 0 Å². The van der Waals surface area contributed by atoms with Gasteiger partial charge in [0.15, 0.2) is 5.69 Å². The molecule has 0 spiro atoms. The van der Waals surface area contributed by atoms with Crippen molar-refractivity contribution in [2.24, 2.45) is 0 Å². The zero-order valence-electron chi connectivity index (χ0n) is 13.9. The molecule has 0 radical (unpaired) electrons. The molecule has 9 heteroatoms. The van der Waals surface area contributed by atoms with E-state index in [1.807, 2.05) is 0 Å². The van der Waals surface area contributed by atoms with Gasteiger partial charge in [-0.1, -0.05) is 12.1 Å². The summed E-state index contributed by atoms with van der Waals surface area (Å²) in [6, 6.07) is 7.71. The predicted octanol–water partition coefficient (Wildman–Crippen LogP) is 3.79. The number of benzene rings is 2. The first-order valence-electron chi connectivity index (χ1n) is 8.02. The second-order valence-electron chi connectivity index (χ2n) is 5.85. The van der Waals surface area contributed by atoms with Gasteiger partial charge < -0.3 is 10.1 Å². The summed E-state index contributed by atoms with van der Waals surface area (Å²) in [7, 11) is 0. The molecule has 2 aromatic carbocycles. The Morgan fingerprint density at radius 3 is 2.74 bits per heavy atom. The zero-order chi connectivity index (χ0) is 19.3. The summed E-state index contributed by atoms with van der Waals surface area (Å²) in [5.74, 6) is -1.42. The minimum atomic E-state index is -4.84. The highest BCUT2D eigenvalue weighted by Crippen LogP contribution is 2.39. The minimum Gasteiger partial charge on any atom is -0.462 e. The standard InChI is InChI=1S/C18H12F3N3O3/c1-2-27-17(26)11-8-22-24(15(11)18(19,20)21)13-7-6-12-14-9(13)4-3-5-10(14)16(25)23-12/h3-8H,2H2,1H3,(H,23,25). The fourth-order valence-electron chi connectivity index (χ4n) is 3.22. The summed E-state index contributed by atoms with van der Waals surface area (Å²) < 4.78 is 46.6. The molecule has 138 valence electrons. The molecular weight excluding hydrogens is 363 g/mol. The average molecular weight is 375 g/mol. The van der Waals surface area contributed by atoms with Crippen molar-refractivity contribution < 1.29 is 27.5 Å². The van der Waals surface area contributed by atoms with Gasteiger partial charge in [-0.15, -0.1) is 0 Å². The van der Waals surface area contributed by atoms with Crippen molar-refractivity contribution in [2.45, 2.75) is 13.1 Å². The Bertz CT molecular complexity index is 1100. The molecule has 4 rings (SSSR count). The van der Waals surface area contributed by atoms with Crippen molar-refractivity contribution in [1.82, 2.24) is 9.78 Å². The van der Waals surface area contributed by atoms with Gasteiger partial charge in [0.2, 0.25) is 0 Å². The maximum absolute atomic E-state index is 13.7. The fraction of sp³-hybridized carbons (Fsp3) is 0.167. The summed E-state index contributed by atoms with van der Waals surface area (Å²) in [6.07, 6.45) is -4.00. The molecule has 1 amide bonds. The number of anilines is 1. The van der Waals surface area contributed by atoms with E-state index >= 15 is 0 Å². The lowest BCUT2D eigenvalue weighted by Crippen LogP contribution is -2.18. The third kappa shape index (κ3) is 2.54. The maximum Gasteiger partial charge on any atom is 0.434 e. The van der Waals surface area contributed by atoms with E-state index in [4.69, 9.17) is 4.74 Å². The summed E-state index contributed by atoms with van der Waals surface area (Å²) >= 11 is 0. The number of ether oxygens (including phenoxy) is 1. The van der Waals surface area contributed by atoms with Gasteiger partial charge in [0, 0.05) is 22.0 Å². The quantitative estimate of drug-likeness (QED) is 0.707. The first kappa shape index (κ1) is 17.1. The highest BCUT2D eigenvalue weighted by Gasteiger charge is 2.41. The van der Waals surface area contributed by atoms with E-state index in [0.29, 0.717) is 26.7 Å². The normalized spacial score (nSPS) is 13.1. The Morgan fingerprint density at radius 1 is 1.26 bits per heavy atom. The minimum absolute atomic E-state index is 0.0594. The molecule has 27 heavy (non-hydrogen) atoms. The second kappa shape index (κ2) is 5.83. The summed E-state index contributed by atoms with van der Waals surface area (Å²) in [6.45, 7) is 1.44. The van der Waals surface area contributed by atoms with Crippen LogP contribution in [0, 0.1) is 0 Å². The predicted molar refractivity (Wildman–Crippen MR) is 90.0 cm³/mol. The van der Waals surface area contributed by atoms with Crippen molar-refractivity contribution in [3.8, 4) is 5.69 Å². The van der Waals surface area contributed by atoms with E-state index in [0.717, 1.165) is 6.20 Å². The molecule has 1 aliphatic heterocycles. The number of halogens is 3. The Hall–Kier alpha value is -3.36. The van der Waals surface area contributed by atoms with E-state index in [1.54, 1.807) is 18.2 Å². The van der Waals surface area contributed by atoms with Crippen molar-refractivity contribution in [3.05, 3.63) is 53.3 Å². The molecule has 1 N–H and O–H groups in total.